The van der Waals surface area contributed by atoms with Gasteiger partial charge in [-0.05, 0) is 19.2 Å². The molecule has 8 nitrogen and oxygen atoms in total. The molecule has 0 aliphatic carbocycles. The van der Waals surface area contributed by atoms with E-state index in [4.69, 9.17) is 14.9 Å². The summed E-state index contributed by atoms with van der Waals surface area (Å²) in [5, 5.41) is 27.2. The molecule has 0 amide bonds. The summed E-state index contributed by atoms with van der Waals surface area (Å²) in [4.78, 5) is 4.05. The Morgan fingerprint density at radius 1 is 1.03 bits per heavy atom. The van der Waals surface area contributed by atoms with Gasteiger partial charge in [0.15, 0.2) is 0 Å². The van der Waals surface area contributed by atoms with Crippen molar-refractivity contribution in [1.29, 1.82) is 5.41 Å². The minimum atomic E-state index is -0.831. The molecule has 0 aromatic heterocycles. The summed E-state index contributed by atoms with van der Waals surface area (Å²) >= 11 is 0. The Hall–Kier alpha value is -3.23. The fraction of sp³-hybridized carbons (Fsp3) is 0.318. The number of fused-ring (bicyclic) bond motifs is 1. The maximum atomic E-state index is 11.5. The van der Waals surface area contributed by atoms with E-state index >= 15 is 0 Å². The average molecular weight is 407 g/mol. The molecule has 0 saturated carbocycles. The highest BCUT2D eigenvalue weighted by Crippen LogP contribution is 2.47. The number of methoxy groups -OCH3 is 2. The van der Waals surface area contributed by atoms with Gasteiger partial charge in [0.1, 0.15) is 34.8 Å². The number of anilines is 3. The van der Waals surface area contributed by atoms with Crippen LogP contribution in [0.4, 0.5) is 17.1 Å². The van der Waals surface area contributed by atoms with Crippen molar-refractivity contribution in [2.75, 3.05) is 49.9 Å². The van der Waals surface area contributed by atoms with Crippen LogP contribution in [0.5, 0.6) is 11.5 Å². The van der Waals surface area contributed by atoms with Crippen molar-refractivity contribution in [1.82, 2.24) is 4.90 Å². The van der Waals surface area contributed by atoms with Crippen molar-refractivity contribution in [3.8, 4) is 11.5 Å². The van der Waals surface area contributed by atoms with Gasteiger partial charge in [0, 0.05) is 31.3 Å². The molecular weight excluding hydrogens is 382 g/mol. The molecule has 1 unspecified atom stereocenters. The maximum Gasteiger partial charge on any atom is 0.135 e. The minimum Gasteiger partial charge on any atom is -0.497 e. The van der Waals surface area contributed by atoms with E-state index in [2.05, 4.69) is 15.5 Å². The van der Waals surface area contributed by atoms with Crippen molar-refractivity contribution in [2.45, 2.75) is 11.6 Å². The molecule has 2 saturated heterocycles. The van der Waals surface area contributed by atoms with Crippen molar-refractivity contribution >= 4 is 22.9 Å². The predicted molar refractivity (Wildman–Crippen MR) is 117 cm³/mol. The lowest BCUT2D eigenvalue weighted by molar-refractivity contribution is 0.0169. The first kappa shape index (κ1) is 18.8. The van der Waals surface area contributed by atoms with E-state index in [9.17, 15) is 5.11 Å². The molecule has 0 bridgehead atoms. The second-order valence-electron chi connectivity index (χ2n) is 8.02. The first-order chi connectivity index (χ1) is 14.5. The Labute approximate surface area is 175 Å². The first-order valence-electron chi connectivity index (χ1n) is 9.83. The normalized spacial score (nSPS) is 21.9. The zero-order chi connectivity index (χ0) is 21.0. The summed E-state index contributed by atoms with van der Waals surface area (Å²) < 4.78 is 10.9. The lowest BCUT2D eigenvalue weighted by atomic mass is 9.83. The molecule has 8 heteroatoms. The molecule has 2 fully saturated rings. The van der Waals surface area contributed by atoms with Gasteiger partial charge in [0.25, 0.3) is 0 Å². The second kappa shape index (κ2) is 6.65. The van der Waals surface area contributed by atoms with E-state index in [-0.39, 0.29) is 5.84 Å². The quantitative estimate of drug-likeness (QED) is 0.620. The van der Waals surface area contributed by atoms with Crippen molar-refractivity contribution in [3.05, 3.63) is 53.9 Å². The van der Waals surface area contributed by atoms with Crippen molar-refractivity contribution < 1.29 is 14.6 Å². The van der Waals surface area contributed by atoms with Gasteiger partial charge in [-0.25, -0.2) is 0 Å². The van der Waals surface area contributed by atoms with Crippen LogP contribution in [0.25, 0.3) is 0 Å². The second-order valence-corrected chi connectivity index (χ2v) is 8.02. The van der Waals surface area contributed by atoms with Crippen LogP contribution in [0.3, 0.4) is 0 Å². The van der Waals surface area contributed by atoms with Crippen molar-refractivity contribution in [3.63, 3.8) is 0 Å². The van der Waals surface area contributed by atoms with Gasteiger partial charge in [-0.3, -0.25) is 5.41 Å². The summed E-state index contributed by atoms with van der Waals surface area (Å²) in [5.41, 5.74) is 2.56. The van der Waals surface area contributed by atoms with Gasteiger partial charge in [0.2, 0.25) is 0 Å². The molecule has 2 aromatic carbocycles. The number of benzene rings is 2. The fourth-order valence-corrected chi connectivity index (χ4v) is 4.77. The number of amidine groups is 1. The molecule has 3 aliphatic rings. The number of aliphatic hydroxyl groups is 1. The average Bonchev–Trinajstić information content (AvgIpc) is 3.24. The Morgan fingerprint density at radius 2 is 1.60 bits per heavy atom. The maximum absolute atomic E-state index is 11.5. The minimum absolute atomic E-state index is 0.258. The zero-order valence-corrected chi connectivity index (χ0v) is 17.2. The first-order valence-corrected chi connectivity index (χ1v) is 9.83. The Morgan fingerprint density at radius 3 is 2.10 bits per heavy atom. The number of ether oxygens (including phenoxy) is 2. The number of likely N-dealkylation sites (tertiary alicyclic amines) is 1. The summed E-state index contributed by atoms with van der Waals surface area (Å²) in [6.07, 6.45) is -0.831. The summed E-state index contributed by atoms with van der Waals surface area (Å²) in [5.74, 6) is 2.19. The number of likely N-dealkylation sites (N-methyl/N-ethyl adjacent to an activating group) is 1. The Balaban J connectivity index is 1.62. The third kappa shape index (κ3) is 2.57. The van der Waals surface area contributed by atoms with Crippen LogP contribution < -0.4 is 25.0 Å². The van der Waals surface area contributed by atoms with Gasteiger partial charge in [-0.1, -0.05) is 12.1 Å². The molecule has 3 heterocycles. The van der Waals surface area contributed by atoms with E-state index in [0.717, 1.165) is 17.1 Å². The van der Waals surface area contributed by atoms with Crippen LogP contribution in [0.2, 0.25) is 0 Å². The van der Waals surface area contributed by atoms with Gasteiger partial charge in [-0.2, -0.15) is 0 Å². The van der Waals surface area contributed by atoms with Crippen molar-refractivity contribution in [2.24, 2.45) is 0 Å². The molecule has 156 valence electrons. The summed E-state index contributed by atoms with van der Waals surface area (Å²) in [6, 6.07) is 13.4. The van der Waals surface area contributed by atoms with Gasteiger partial charge >= 0.3 is 0 Å². The number of hydrogen-bond donors (Lipinski definition) is 4. The van der Waals surface area contributed by atoms with Gasteiger partial charge in [0.05, 0.1) is 36.9 Å². The molecular formula is C22H25N5O3. The van der Waals surface area contributed by atoms with E-state index in [1.165, 1.54) is 0 Å². The number of nitrogens with one attached hydrogen (secondary N) is 3. The SMILES string of the molecule is COc1cc(OC)cc(N2C(=N)C(=C3Nc4ccccc4N3)C(O)C23CN(C)C3)c1. The van der Waals surface area contributed by atoms with Crippen LogP contribution in [0.15, 0.2) is 53.9 Å². The molecule has 0 radical (unpaired) electrons. The fourth-order valence-electron chi connectivity index (χ4n) is 4.77. The molecule has 1 atom stereocenters. The third-order valence-electron chi connectivity index (χ3n) is 6.10. The third-order valence-corrected chi connectivity index (χ3v) is 6.10. The number of nitrogens with zero attached hydrogens (tertiary/aromatic N) is 2. The molecule has 30 heavy (non-hydrogen) atoms. The lowest BCUT2D eigenvalue weighted by Crippen LogP contribution is -2.71. The molecule has 4 N–H and O–H groups in total. The highest BCUT2D eigenvalue weighted by atomic mass is 16.5. The largest absolute Gasteiger partial charge is 0.497 e. The lowest BCUT2D eigenvalue weighted by Gasteiger charge is -2.52. The molecule has 1 spiro atoms. The van der Waals surface area contributed by atoms with Gasteiger partial charge in [-0.15, -0.1) is 0 Å². The Kier molecular flexibility index (Phi) is 4.16. The van der Waals surface area contributed by atoms with Crippen LogP contribution in [-0.2, 0) is 0 Å². The van der Waals surface area contributed by atoms with Crippen LogP contribution in [0.1, 0.15) is 0 Å². The summed E-state index contributed by atoms with van der Waals surface area (Å²) in [7, 11) is 5.22. The predicted octanol–water partition coefficient (Wildman–Crippen LogP) is 2.30. The highest BCUT2D eigenvalue weighted by Gasteiger charge is 2.61. The van der Waals surface area contributed by atoms with Crippen LogP contribution in [0, 0.1) is 5.41 Å². The smallest absolute Gasteiger partial charge is 0.135 e. The molecule has 5 rings (SSSR count). The van der Waals surface area contributed by atoms with Gasteiger partial charge < -0.3 is 35.0 Å². The number of para-hydroxylation sites is 2. The van der Waals surface area contributed by atoms with Crippen LogP contribution >= 0.6 is 0 Å². The topological polar surface area (TPSA) is 93.1 Å². The standard InChI is InChI=1S/C22H25N5O3/c1-26-11-22(12-26)19(28)18(21-24-16-6-4-5-7-17(16)25-21)20(23)27(22)13-8-14(29-2)10-15(9-13)30-3/h4-10,19,23-25,28H,11-12H2,1-3H3. The molecule has 3 aliphatic heterocycles. The van der Waals surface area contributed by atoms with E-state index in [0.29, 0.717) is 36.0 Å². The van der Waals surface area contributed by atoms with E-state index < -0.39 is 11.6 Å². The number of hydrogen-bond acceptors (Lipinski definition) is 7. The van der Waals surface area contributed by atoms with E-state index in [1.807, 2.05) is 48.3 Å². The monoisotopic (exact) mass is 407 g/mol. The zero-order valence-electron chi connectivity index (χ0n) is 17.2. The number of rotatable bonds is 3. The summed E-state index contributed by atoms with van der Waals surface area (Å²) in [6.45, 7) is 1.28. The molecule has 2 aromatic rings. The van der Waals surface area contributed by atoms with E-state index in [1.54, 1.807) is 20.3 Å². The number of aliphatic hydroxyl groups excluding tert-OH is 1. The highest BCUT2D eigenvalue weighted by molar-refractivity contribution is 6.14. The van der Waals surface area contributed by atoms with Crippen LogP contribution in [-0.4, -0.2) is 61.8 Å². The Bertz CT molecular complexity index is 1010.